The van der Waals surface area contributed by atoms with E-state index in [0.29, 0.717) is 0 Å². The fourth-order valence-corrected chi connectivity index (χ4v) is 7.70. The van der Waals surface area contributed by atoms with E-state index >= 15 is 0 Å². The van der Waals surface area contributed by atoms with Crippen molar-refractivity contribution in [3.05, 3.63) is 116 Å². The molecular formula is C45H58O2. The minimum atomic E-state index is -0.568. The first-order valence-corrected chi connectivity index (χ1v) is 17.3. The van der Waals surface area contributed by atoms with E-state index < -0.39 is 5.41 Å². The van der Waals surface area contributed by atoms with E-state index in [1.54, 1.807) is 0 Å². The average Bonchev–Trinajstić information content (AvgIpc) is 3.23. The summed E-state index contributed by atoms with van der Waals surface area (Å²) in [4.78, 5) is 0. The lowest BCUT2D eigenvalue weighted by Crippen LogP contribution is -2.32. The van der Waals surface area contributed by atoms with E-state index in [-0.39, 0.29) is 21.7 Å². The summed E-state index contributed by atoms with van der Waals surface area (Å²) in [6, 6.07) is 24.0. The molecule has 4 aromatic rings. The second-order valence-electron chi connectivity index (χ2n) is 18.1. The van der Waals surface area contributed by atoms with Crippen LogP contribution < -0.4 is 9.47 Å². The van der Waals surface area contributed by atoms with Crippen LogP contribution in [0.15, 0.2) is 60.7 Å². The van der Waals surface area contributed by atoms with Crippen LogP contribution in [0.2, 0.25) is 0 Å². The van der Waals surface area contributed by atoms with E-state index in [4.69, 9.17) is 9.47 Å². The van der Waals surface area contributed by atoms with Crippen molar-refractivity contribution in [3.63, 3.8) is 0 Å². The van der Waals surface area contributed by atoms with Crippen molar-refractivity contribution in [3.8, 4) is 22.6 Å². The zero-order valence-electron chi connectivity index (χ0n) is 32.1. The first-order chi connectivity index (χ1) is 21.6. The largest absolute Gasteiger partial charge is 0.496 e. The lowest BCUT2D eigenvalue weighted by molar-refractivity contribution is 0.380. The van der Waals surface area contributed by atoms with Crippen molar-refractivity contribution in [2.45, 2.75) is 124 Å². The summed E-state index contributed by atoms with van der Waals surface area (Å²) in [6.45, 7) is 32.1. The highest BCUT2D eigenvalue weighted by Crippen LogP contribution is 2.59. The zero-order valence-corrected chi connectivity index (χ0v) is 32.1. The molecule has 250 valence electrons. The van der Waals surface area contributed by atoms with Crippen LogP contribution in [0.4, 0.5) is 0 Å². The zero-order chi connectivity index (χ0) is 35.1. The highest BCUT2D eigenvalue weighted by Gasteiger charge is 2.49. The third kappa shape index (κ3) is 5.70. The molecule has 0 radical (unpaired) electrons. The molecule has 0 atom stereocenters. The minimum absolute atomic E-state index is 0.140. The monoisotopic (exact) mass is 630 g/mol. The highest BCUT2D eigenvalue weighted by atomic mass is 16.5. The summed E-state index contributed by atoms with van der Waals surface area (Å²) in [5.41, 5.74) is 14.2. The van der Waals surface area contributed by atoms with Crippen LogP contribution in [0.1, 0.15) is 139 Å². The predicted molar refractivity (Wildman–Crippen MR) is 201 cm³/mol. The first kappa shape index (κ1) is 34.8. The third-order valence-corrected chi connectivity index (χ3v) is 10.1. The Hall–Kier alpha value is -3.52. The van der Waals surface area contributed by atoms with Gasteiger partial charge in [-0.1, -0.05) is 131 Å². The molecule has 0 unspecified atom stereocenters. The number of rotatable bonds is 4. The molecule has 0 N–H and O–H groups in total. The van der Waals surface area contributed by atoms with E-state index in [1.165, 1.54) is 66.8 Å². The van der Waals surface area contributed by atoms with E-state index in [2.05, 4.69) is 158 Å². The van der Waals surface area contributed by atoms with Crippen LogP contribution in [0.25, 0.3) is 11.1 Å². The average molecular weight is 631 g/mol. The van der Waals surface area contributed by atoms with Gasteiger partial charge in [0.2, 0.25) is 0 Å². The predicted octanol–water partition coefficient (Wildman–Crippen LogP) is 11.9. The fraction of sp³-hybridized carbons (Fsp3) is 0.467. The Morgan fingerprint density at radius 2 is 0.702 bits per heavy atom. The van der Waals surface area contributed by atoms with Gasteiger partial charge in [-0.2, -0.15) is 0 Å². The Kier molecular flexibility index (Phi) is 8.36. The molecule has 0 heterocycles. The molecule has 2 heteroatoms. The molecule has 0 aromatic heterocycles. The fourth-order valence-electron chi connectivity index (χ4n) is 7.70. The molecule has 0 saturated carbocycles. The van der Waals surface area contributed by atoms with Gasteiger partial charge in [-0.05, 0) is 93.2 Å². The molecule has 0 aliphatic heterocycles. The maximum absolute atomic E-state index is 6.30. The first-order valence-electron chi connectivity index (χ1n) is 17.3. The molecule has 0 saturated heterocycles. The summed E-state index contributed by atoms with van der Waals surface area (Å²) < 4.78 is 12.6. The van der Waals surface area contributed by atoms with Crippen molar-refractivity contribution in [1.29, 1.82) is 0 Å². The quantitative estimate of drug-likeness (QED) is 0.197. The van der Waals surface area contributed by atoms with Gasteiger partial charge < -0.3 is 9.47 Å². The smallest absolute Gasteiger partial charge is 0.126 e. The van der Waals surface area contributed by atoms with Gasteiger partial charge in [0.15, 0.2) is 0 Å². The molecule has 1 aliphatic carbocycles. The number of aryl methyl sites for hydroxylation is 2. The molecule has 0 spiro atoms. The van der Waals surface area contributed by atoms with E-state index in [0.717, 1.165) is 11.5 Å². The summed E-state index contributed by atoms with van der Waals surface area (Å²) in [6.07, 6.45) is 0. The van der Waals surface area contributed by atoms with Crippen molar-refractivity contribution >= 4 is 0 Å². The van der Waals surface area contributed by atoms with Gasteiger partial charge in [0.25, 0.3) is 0 Å². The SMILES string of the molecule is COc1c(C(C)(C)C)cc(C2(c3cc(C(C)(C)C)c(OC)c(C(C)(C)C)c3)c3cc(C)ccc3-c3ccc(C)cc32)cc1C(C)(C)C. The number of benzene rings is 4. The van der Waals surface area contributed by atoms with Crippen LogP contribution in [-0.4, -0.2) is 14.2 Å². The maximum Gasteiger partial charge on any atom is 0.126 e. The van der Waals surface area contributed by atoms with Gasteiger partial charge in [-0.25, -0.2) is 0 Å². The summed E-state index contributed by atoms with van der Waals surface area (Å²) in [5, 5.41) is 0. The van der Waals surface area contributed by atoms with Crippen LogP contribution in [-0.2, 0) is 27.1 Å². The molecule has 0 bridgehead atoms. The van der Waals surface area contributed by atoms with Crippen LogP contribution in [0.5, 0.6) is 11.5 Å². The maximum atomic E-state index is 6.30. The van der Waals surface area contributed by atoms with Gasteiger partial charge in [0.1, 0.15) is 11.5 Å². The Labute approximate surface area is 285 Å². The van der Waals surface area contributed by atoms with Gasteiger partial charge >= 0.3 is 0 Å². The van der Waals surface area contributed by atoms with Crippen molar-refractivity contribution in [1.82, 2.24) is 0 Å². The number of fused-ring (bicyclic) bond motifs is 3. The van der Waals surface area contributed by atoms with Crippen molar-refractivity contribution in [2.75, 3.05) is 14.2 Å². The summed E-state index contributed by atoms with van der Waals surface area (Å²) >= 11 is 0. The highest BCUT2D eigenvalue weighted by molar-refractivity contribution is 5.87. The van der Waals surface area contributed by atoms with Crippen LogP contribution >= 0.6 is 0 Å². The van der Waals surface area contributed by atoms with Gasteiger partial charge in [-0.3, -0.25) is 0 Å². The van der Waals surface area contributed by atoms with Crippen LogP contribution in [0.3, 0.4) is 0 Å². The second kappa shape index (κ2) is 11.3. The number of ether oxygens (including phenoxy) is 2. The lowest BCUT2D eigenvalue weighted by atomic mass is 9.63. The number of methoxy groups -OCH3 is 2. The Morgan fingerprint density at radius 1 is 0.426 bits per heavy atom. The molecule has 4 aromatic carbocycles. The number of hydrogen-bond donors (Lipinski definition) is 0. The second-order valence-corrected chi connectivity index (χ2v) is 18.1. The Balaban J connectivity index is 2.14. The van der Waals surface area contributed by atoms with Gasteiger partial charge in [0, 0.05) is 22.3 Å². The molecule has 47 heavy (non-hydrogen) atoms. The van der Waals surface area contributed by atoms with Crippen LogP contribution in [0, 0.1) is 13.8 Å². The molecule has 1 aliphatic rings. The van der Waals surface area contributed by atoms with Crippen molar-refractivity contribution in [2.24, 2.45) is 0 Å². The molecule has 2 nitrogen and oxygen atoms in total. The van der Waals surface area contributed by atoms with E-state index in [9.17, 15) is 0 Å². The van der Waals surface area contributed by atoms with E-state index in [1.807, 2.05) is 14.2 Å². The molecule has 0 amide bonds. The molecular weight excluding hydrogens is 572 g/mol. The van der Waals surface area contributed by atoms with Crippen molar-refractivity contribution < 1.29 is 9.47 Å². The summed E-state index contributed by atoms with van der Waals surface area (Å²) in [7, 11) is 3.66. The Morgan fingerprint density at radius 3 is 0.936 bits per heavy atom. The van der Waals surface area contributed by atoms with Gasteiger partial charge in [0.05, 0.1) is 19.6 Å². The van der Waals surface area contributed by atoms with Gasteiger partial charge in [-0.15, -0.1) is 0 Å². The lowest BCUT2D eigenvalue weighted by Gasteiger charge is -2.40. The molecule has 0 fully saturated rings. The summed E-state index contributed by atoms with van der Waals surface area (Å²) in [5.74, 6) is 1.99. The molecule has 5 rings (SSSR count). The Bertz CT molecular complexity index is 1630. The third-order valence-electron chi connectivity index (χ3n) is 10.1. The minimum Gasteiger partial charge on any atom is -0.496 e. The normalized spacial score (nSPS) is 14.6. The standard InChI is InChI=1S/C45H58O2/c1-27-17-19-31-32-20-18-28(2)22-34(32)45(33(31)21-27,29-23-35(41(3,4)5)39(46-15)36(24-29)42(6,7)8)30-25-37(43(9,10)11)40(47-16)38(26-30)44(12,13)14/h17-26H,1-16H3. The number of hydrogen-bond acceptors (Lipinski definition) is 2. The topological polar surface area (TPSA) is 18.5 Å².